The van der Waals surface area contributed by atoms with Crippen molar-refractivity contribution in [3.8, 4) is 0 Å². The monoisotopic (exact) mass is 492 g/mol. The molecule has 8 nitrogen and oxygen atoms in total. The van der Waals surface area contributed by atoms with Gasteiger partial charge in [0, 0.05) is 27.7 Å². The lowest BCUT2D eigenvalue weighted by molar-refractivity contribution is -0.140. The van der Waals surface area contributed by atoms with Crippen molar-refractivity contribution in [3.05, 3.63) is 65.0 Å². The average molecular weight is 493 g/mol. The summed E-state index contributed by atoms with van der Waals surface area (Å²) < 4.78 is 42.0. The third kappa shape index (κ3) is 6.32. The minimum Gasteiger partial charge on any atom is -0.357 e. The molecule has 0 spiro atoms. The van der Waals surface area contributed by atoms with Crippen LogP contribution in [0.25, 0.3) is 0 Å². The minimum atomic E-state index is -4.03. The Morgan fingerprint density at radius 1 is 1.06 bits per heavy atom. The number of benzene rings is 2. The summed E-state index contributed by atoms with van der Waals surface area (Å²) in [5.41, 5.74) is 2.53. The molecule has 0 aliphatic carbocycles. The van der Waals surface area contributed by atoms with E-state index in [2.05, 4.69) is 5.32 Å². The quantitative estimate of drug-likeness (QED) is 0.552. The number of hydrogen-bond donors (Lipinski definition) is 1. The Labute approximate surface area is 201 Å². The van der Waals surface area contributed by atoms with Crippen molar-refractivity contribution in [1.29, 1.82) is 0 Å². The van der Waals surface area contributed by atoms with Gasteiger partial charge in [-0.2, -0.15) is 12.7 Å². The molecule has 10 heteroatoms. The summed E-state index contributed by atoms with van der Waals surface area (Å²) in [7, 11) is 0.242. The van der Waals surface area contributed by atoms with E-state index >= 15 is 0 Å². The summed E-state index contributed by atoms with van der Waals surface area (Å²) in [6, 6.07) is 10.2. The van der Waals surface area contributed by atoms with Gasteiger partial charge < -0.3 is 10.2 Å². The smallest absolute Gasteiger partial charge is 0.304 e. The van der Waals surface area contributed by atoms with Crippen LogP contribution >= 0.6 is 0 Å². The predicted molar refractivity (Wildman–Crippen MR) is 131 cm³/mol. The van der Waals surface area contributed by atoms with Gasteiger partial charge in [0.25, 0.3) is 0 Å². The maximum absolute atomic E-state index is 13.6. The van der Waals surface area contributed by atoms with Gasteiger partial charge in [-0.05, 0) is 55.2 Å². The van der Waals surface area contributed by atoms with E-state index in [1.165, 1.54) is 50.3 Å². The number of anilines is 1. The molecule has 2 amide bonds. The fraction of sp³-hybridized carbons (Fsp3) is 0.417. The molecule has 0 aromatic heterocycles. The van der Waals surface area contributed by atoms with E-state index in [-0.39, 0.29) is 12.5 Å². The van der Waals surface area contributed by atoms with E-state index in [1.807, 2.05) is 13.0 Å². The summed E-state index contributed by atoms with van der Waals surface area (Å²) in [6.45, 7) is 4.90. The highest BCUT2D eigenvalue weighted by Crippen LogP contribution is 2.26. The second-order valence-electron chi connectivity index (χ2n) is 8.27. The number of carbonyl (C=O) groups is 2. The van der Waals surface area contributed by atoms with Crippen molar-refractivity contribution < 1.29 is 22.4 Å². The van der Waals surface area contributed by atoms with Crippen molar-refractivity contribution in [2.75, 3.05) is 32.0 Å². The SMILES string of the molecule is CCC(C(=O)NC)N(Cc1ccc(F)cc1)C(=O)CN(c1cc(C)ccc1C)S(=O)(=O)N(C)C. The van der Waals surface area contributed by atoms with Gasteiger partial charge in [0.1, 0.15) is 18.4 Å². The zero-order valence-electron chi connectivity index (χ0n) is 20.5. The molecule has 1 N–H and O–H groups in total. The number of amides is 2. The third-order valence-corrected chi connectivity index (χ3v) is 7.36. The van der Waals surface area contributed by atoms with Gasteiger partial charge in [-0.25, -0.2) is 8.70 Å². The first-order chi connectivity index (χ1) is 15.9. The highest BCUT2D eigenvalue weighted by Gasteiger charge is 2.34. The lowest BCUT2D eigenvalue weighted by atomic mass is 10.1. The van der Waals surface area contributed by atoms with E-state index in [0.29, 0.717) is 23.2 Å². The Hall–Kier alpha value is -2.98. The Kier molecular flexibility index (Phi) is 9.17. The van der Waals surface area contributed by atoms with Crippen molar-refractivity contribution in [3.63, 3.8) is 0 Å². The lowest BCUT2D eigenvalue weighted by Gasteiger charge is -2.34. The Morgan fingerprint density at radius 2 is 1.68 bits per heavy atom. The van der Waals surface area contributed by atoms with Gasteiger partial charge in [0.2, 0.25) is 11.8 Å². The zero-order chi connectivity index (χ0) is 25.6. The molecule has 0 saturated heterocycles. The van der Waals surface area contributed by atoms with Crippen molar-refractivity contribution in [2.45, 2.75) is 39.8 Å². The van der Waals surface area contributed by atoms with Crippen LogP contribution in [0.1, 0.15) is 30.0 Å². The molecule has 2 rings (SSSR count). The fourth-order valence-electron chi connectivity index (χ4n) is 3.56. The number of rotatable bonds is 10. The van der Waals surface area contributed by atoms with E-state index in [9.17, 15) is 22.4 Å². The van der Waals surface area contributed by atoms with E-state index in [1.54, 1.807) is 26.0 Å². The maximum Gasteiger partial charge on any atom is 0.304 e. The molecule has 0 fully saturated rings. The van der Waals surface area contributed by atoms with Gasteiger partial charge >= 0.3 is 10.2 Å². The molecule has 0 aliphatic rings. The number of nitrogens with zero attached hydrogens (tertiary/aromatic N) is 3. The first-order valence-corrected chi connectivity index (χ1v) is 12.3. The number of hydrogen-bond acceptors (Lipinski definition) is 4. The molecule has 34 heavy (non-hydrogen) atoms. The molecule has 0 saturated carbocycles. The van der Waals surface area contributed by atoms with E-state index < -0.39 is 34.5 Å². The first kappa shape index (κ1) is 27.3. The van der Waals surface area contributed by atoms with Gasteiger partial charge in [0.05, 0.1) is 5.69 Å². The van der Waals surface area contributed by atoms with Crippen LogP contribution in [0, 0.1) is 19.7 Å². The molecule has 1 unspecified atom stereocenters. The van der Waals surface area contributed by atoms with Crippen LogP contribution in [0.4, 0.5) is 10.1 Å². The Balaban J connectivity index is 2.54. The number of aryl methyl sites for hydroxylation is 2. The van der Waals surface area contributed by atoms with Gasteiger partial charge in [-0.1, -0.05) is 31.2 Å². The van der Waals surface area contributed by atoms with Crippen molar-refractivity contribution in [2.24, 2.45) is 0 Å². The van der Waals surface area contributed by atoms with Crippen LogP contribution in [0.2, 0.25) is 0 Å². The Morgan fingerprint density at radius 3 is 2.21 bits per heavy atom. The van der Waals surface area contributed by atoms with Crippen LogP contribution in [0.3, 0.4) is 0 Å². The fourth-order valence-corrected chi connectivity index (χ4v) is 4.68. The van der Waals surface area contributed by atoms with Crippen LogP contribution in [-0.4, -0.2) is 63.2 Å². The van der Waals surface area contributed by atoms with Crippen LogP contribution in [-0.2, 0) is 26.3 Å². The summed E-state index contributed by atoms with van der Waals surface area (Å²) in [4.78, 5) is 27.6. The van der Waals surface area contributed by atoms with Gasteiger partial charge in [0.15, 0.2) is 0 Å². The topological polar surface area (TPSA) is 90.0 Å². The molecular formula is C24H33FN4O4S. The lowest BCUT2D eigenvalue weighted by Crippen LogP contribution is -2.53. The van der Waals surface area contributed by atoms with Crippen molar-refractivity contribution in [1.82, 2.24) is 14.5 Å². The molecule has 0 bridgehead atoms. The molecular weight excluding hydrogens is 459 g/mol. The molecule has 186 valence electrons. The number of nitrogens with one attached hydrogen (secondary N) is 1. The molecule has 2 aromatic rings. The van der Waals surface area contributed by atoms with E-state index in [0.717, 1.165) is 14.2 Å². The second-order valence-corrected chi connectivity index (χ2v) is 10.3. The molecule has 1 atom stereocenters. The third-order valence-electron chi connectivity index (χ3n) is 5.55. The summed E-state index contributed by atoms with van der Waals surface area (Å²) in [5.74, 6) is -1.34. The predicted octanol–water partition coefficient (Wildman–Crippen LogP) is 2.61. The van der Waals surface area contributed by atoms with Crippen LogP contribution in [0.5, 0.6) is 0 Å². The number of halogens is 1. The van der Waals surface area contributed by atoms with Crippen LogP contribution in [0.15, 0.2) is 42.5 Å². The van der Waals surface area contributed by atoms with E-state index in [4.69, 9.17) is 0 Å². The van der Waals surface area contributed by atoms with Crippen LogP contribution < -0.4 is 9.62 Å². The van der Waals surface area contributed by atoms with Crippen molar-refractivity contribution >= 4 is 27.7 Å². The minimum absolute atomic E-state index is 0.0215. The second kappa shape index (κ2) is 11.4. The standard InChI is InChI=1S/C24H33FN4O4S/c1-7-21(24(31)26-4)28(15-19-10-12-20(25)13-11-19)23(30)16-29(34(32,33)27(5)6)22-14-17(2)8-9-18(22)3/h8-14,21H,7,15-16H2,1-6H3,(H,26,31). The number of likely N-dealkylation sites (N-methyl/N-ethyl adjacent to an activating group) is 1. The Bertz CT molecular complexity index is 1120. The molecule has 0 radical (unpaired) electrons. The molecule has 0 heterocycles. The normalized spacial score (nSPS) is 12.4. The maximum atomic E-state index is 13.6. The zero-order valence-corrected chi connectivity index (χ0v) is 21.3. The summed E-state index contributed by atoms with van der Waals surface area (Å²) in [5, 5.41) is 2.56. The summed E-state index contributed by atoms with van der Waals surface area (Å²) >= 11 is 0. The molecule has 2 aromatic carbocycles. The van der Waals surface area contributed by atoms with Gasteiger partial charge in [-0.3, -0.25) is 9.59 Å². The highest BCUT2D eigenvalue weighted by molar-refractivity contribution is 7.90. The highest BCUT2D eigenvalue weighted by atomic mass is 32.2. The van der Waals surface area contributed by atoms with Gasteiger partial charge in [-0.15, -0.1) is 0 Å². The first-order valence-electron chi connectivity index (χ1n) is 10.9. The largest absolute Gasteiger partial charge is 0.357 e. The number of carbonyl (C=O) groups excluding carboxylic acids is 2. The molecule has 0 aliphatic heterocycles. The average Bonchev–Trinajstić information content (AvgIpc) is 2.79. The summed E-state index contributed by atoms with van der Waals surface area (Å²) in [6.07, 6.45) is 0.316.